The number of amides is 1. The van der Waals surface area contributed by atoms with Gasteiger partial charge in [0, 0.05) is 19.6 Å². The third-order valence-electron chi connectivity index (χ3n) is 3.86. The molecule has 0 aromatic carbocycles. The van der Waals surface area contributed by atoms with Crippen molar-refractivity contribution in [2.45, 2.75) is 58.2 Å². The van der Waals surface area contributed by atoms with Gasteiger partial charge in [-0.1, -0.05) is 0 Å². The van der Waals surface area contributed by atoms with Gasteiger partial charge in [-0.2, -0.15) is 0 Å². The molecule has 1 saturated heterocycles. The molecule has 5 nitrogen and oxygen atoms in total. The normalized spacial score (nSPS) is 20.6. The number of rotatable bonds is 6. The van der Waals surface area contributed by atoms with Gasteiger partial charge >= 0.3 is 6.09 Å². The Morgan fingerprint density at radius 2 is 1.86 bits per heavy atom. The van der Waals surface area contributed by atoms with E-state index in [1.54, 1.807) is 4.90 Å². The third kappa shape index (κ3) is 6.66. The Labute approximate surface area is 128 Å². The summed E-state index contributed by atoms with van der Waals surface area (Å²) in [7, 11) is 0. The minimum absolute atomic E-state index is 0.202. The molecule has 2 aliphatic rings. The average Bonchev–Trinajstić information content (AvgIpc) is 3.21. The fourth-order valence-corrected chi connectivity index (χ4v) is 2.46. The summed E-state index contributed by atoms with van der Waals surface area (Å²) in [6.07, 6.45) is 4.66. The number of hydrogen-bond acceptors (Lipinski definition) is 4. The summed E-state index contributed by atoms with van der Waals surface area (Å²) >= 11 is 0. The molecule has 1 aliphatic heterocycles. The summed E-state index contributed by atoms with van der Waals surface area (Å²) < 4.78 is 11.3. The summed E-state index contributed by atoms with van der Waals surface area (Å²) in [6.45, 7) is 10.00. The predicted octanol–water partition coefficient (Wildman–Crippen LogP) is 2.40. The molecule has 0 atom stereocenters. The Hall–Kier alpha value is -0.810. The summed E-state index contributed by atoms with van der Waals surface area (Å²) in [5.41, 5.74) is -0.419. The molecule has 1 saturated carbocycles. The second-order valence-electron chi connectivity index (χ2n) is 7.19. The molecular weight excluding hydrogens is 268 g/mol. The van der Waals surface area contributed by atoms with E-state index in [0.29, 0.717) is 0 Å². The fourth-order valence-electron chi connectivity index (χ4n) is 2.46. The van der Waals surface area contributed by atoms with Crippen LogP contribution < -0.4 is 5.32 Å². The van der Waals surface area contributed by atoms with Crippen LogP contribution in [-0.2, 0) is 9.47 Å². The highest BCUT2D eigenvalue weighted by atomic mass is 16.6. The maximum atomic E-state index is 11.9. The van der Waals surface area contributed by atoms with Crippen LogP contribution in [-0.4, -0.2) is 55.5 Å². The van der Waals surface area contributed by atoms with Crippen LogP contribution in [0.15, 0.2) is 0 Å². The Bertz CT molecular complexity index is 329. The number of likely N-dealkylation sites (tertiary alicyclic amines) is 1. The standard InChI is InChI=1S/C16H30N2O3/c1-16(2,3)21-15(19)18-9-6-14(7-10-18)20-11-8-17-12-13-4-5-13/h13-14,17H,4-12H2,1-3H3. The first-order valence-corrected chi connectivity index (χ1v) is 8.24. The van der Waals surface area contributed by atoms with Crippen molar-refractivity contribution in [1.29, 1.82) is 0 Å². The zero-order valence-corrected chi connectivity index (χ0v) is 13.7. The van der Waals surface area contributed by atoms with E-state index in [-0.39, 0.29) is 12.2 Å². The fraction of sp³-hybridized carbons (Fsp3) is 0.938. The molecule has 0 bridgehead atoms. The average molecular weight is 298 g/mol. The van der Waals surface area contributed by atoms with Gasteiger partial charge in [0.05, 0.1) is 12.7 Å². The molecule has 5 heteroatoms. The number of piperidine rings is 1. The SMILES string of the molecule is CC(C)(C)OC(=O)N1CCC(OCCNCC2CC2)CC1. The van der Waals surface area contributed by atoms with E-state index >= 15 is 0 Å². The van der Waals surface area contributed by atoms with Crippen LogP contribution in [0.4, 0.5) is 4.79 Å². The van der Waals surface area contributed by atoms with Crippen molar-refractivity contribution in [3.05, 3.63) is 0 Å². The summed E-state index contributed by atoms with van der Waals surface area (Å²) in [6, 6.07) is 0. The molecule has 122 valence electrons. The molecular formula is C16H30N2O3. The lowest BCUT2D eigenvalue weighted by Gasteiger charge is -2.33. The molecule has 0 unspecified atom stereocenters. The quantitative estimate of drug-likeness (QED) is 0.765. The first kappa shape index (κ1) is 16.6. The third-order valence-corrected chi connectivity index (χ3v) is 3.86. The van der Waals surface area contributed by atoms with E-state index < -0.39 is 5.60 Å². The zero-order valence-electron chi connectivity index (χ0n) is 13.7. The highest BCUT2D eigenvalue weighted by Crippen LogP contribution is 2.27. The number of nitrogens with zero attached hydrogens (tertiary/aromatic N) is 1. The minimum atomic E-state index is -0.419. The Kier molecular flexibility index (Phi) is 5.88. The molecule has 0 aromatic heterocycles. The number of nitrogens with one attached hydrogen (secondary N) is 1. The van der Waals surface area contributed by atoms with Crippen LogP contribution in [0.2, 0.25) is 0 Å². The van der Waals surface area contributed by atoms with E-state index in [9.17, 15) is 4.79 Å². The lowest BCUT2D eigenvalue weighted by Crippen LogP contribution is -2.43. The minimum Gasteiger partial charge on any atom is -0.444 e. The van der Waals surface area contributed by atoms with Crippen LogP contribution >= 0.6 is 0 Å². The maximum absolute atomic E-state index is 11.9. The molecule has 21 heavy (non-hydrogen) atoms. The summed E-state index contributed by atoms with van der Waals surface area (Å²) in [5.74, 6) is 0.919. The lowest BCUT2D eigenvalue weighted by molar-refractivity contribution is -0.0104. The number of hydrogen-bond donors (Lipinski definition) is 1. The maximum Gasteiger partial charge on any atom is 0.410 e. The molecule has 0 radical (unpaired) electrons. The van der Waals surface area contributed by atoms with Crippen molar-refractivity contribution in [3.63, 3.8) is 0 Å². The highest BCUT2D eigenvalue weighted by Gasteiger charge is 2.27. The summed E-state index contributed by atoms with van der Waals surface area (Å²) in [4.78, 5) is 13.7. The largest absolute Gasteiger partial charge is 0.444 e. The van der Waals surface area contributed by atoms with Gasteiger partial charge in [0.1, 0.15) is 5.60 Å². The van der Waals surface area contributed by atoms with Gasteiger partial charge < -0.3 is 19.7 Å². The molecule has 0 spiro atoms. The van der Waals surface area contributed by atoms with Crippen LogP contribution in [0, 0.1) is 5.92 Å². The van der Waals surface area contributed by atoms with Crippen LogP contribution in [0.3, 0.4) is 0 Å². The molecule has 1 N–H and O–H groups in total. The van der Waals surface area contributed by atoms with E-state index in [2.05, 4.69) is 5.32 Å². The Balaban J connectivity index is 1.53. The van der Waals surface area contributed by atoms with Crippen molar-refractivity contribution >= 4 is 6.09 Å². The van der Waals surface area contributed by atoms with Gasteiger partial charge in [-0.15, -0.1) is 0 Å². The van der Waals surface area contributed by atoms with Gasteiger partial charge in [-0.25, -0.2) is 4.79 Å². The molecule has 1 amide bonds. The lowest BCUT2D eigenvalue weighted by atomic mass is 10.1. The molecule has 1 heterocycles. The summed E-state index contributed by atoms with van der Waals surface area (Å²) in [5, 5.41) is 3.43. The van der Waals surface area contributed by atoms with Crippen LogP contribution in [0.1, 0.15) is 46.5 Å². The van der Waals surface area contributed by atoms with E-state index in [4.69, 9.17) is 9.47 Å². The van der Waals surface area contributed by atoms with Crippen LogP contribution in [0.25, 0.3) is 0 Å². The van der Waals surface area contributed by atoms with Crippen LogP contribution in [0.5, 0.6) is 0 Å². The van der Waals surface area contributed by atoms with E-state index in [1.165, 1.54) is 12.8 Å². The van der Waals surface area contributed by atoms with Crippen molar-refractivity contribution < 1.29 is 14.3 Å². The second kappa shape index (κ2) is 7.45. The molecule has 2 rings (SSSR count). The molecule has 0 aromatic rings. The number of carbonyl (C=O) groups is 1. The smallest absolute Gasteiger partial charge is 0.410 e. The Morgan fingerprint density at radius 3 is 2.43 bits per heavy atom. The van der Waals surface area contributed by atoms with Crippen molar-refractivity contribution in [2.75, 3.05) is 32.8 Å². The van der Waals surface area contributed by atoms with Crippen molar-refractivity contribution in [2.24, 2.45) is 5.92 Å². The van der Waals surface area contributed by atoms with Gasteiger partial charge in [-0.05, 0) is 58.9 Å². The number of carbonyl (C=O) groups excluding carboxylic acids is 1. The second-order valence-corrected chi connectivity index (χ2v) is 7.19. The van der Waals surface area contributed by atoms with Gasteiger partial charge in [-0.3, -0.25) is 0 Å². The molecule has 1 aliphatic carbocycles. The first-order valence-electron chi connectivity index (χ1n) is 8.24. The Morgan fingerprint density at radius 1 is 1.19 bits per heavy atom. The van der Waals surface area contributed by atoms with Gasteiger partial charge in [0.15, 0.2) is 0 Å². The first-order chi connectivity index (χ1) is 9.94. The van der Waals surface area contributed by atoms with Gasteiger partial charge in [0.2, 0.25) is 0 Å². The van der Waals surface area contributed by atoms with Crippen molar-refractivity contribution in [1.82, 2.24) is 10.2 Å². The van der Waals surface area contributed by atoms with Crippen molar-refractivity contribution in [3.8, 4) is 0 Å². The number of ether oxygens (including phenoxy) is 2. The topological polar surface area (TPSA) is 50.8 Å². The van der Waals surface area contributed by atoms with Gasteiger partial charge in [0.25, 0.3) is 0 Å². The monoisotopic (exact) mass is 298 g/mol. The van der Waals surface area contributed by atoms with E-state index in [1.807, 2.05) is 20.8 Å². The molecule has 2 fully saturated rings. The van der Waals surface area contributed by atoms with E-state index in [0.717, 1.165) is 51.5 Å². The highest BCUT2D eigenvalue weighted by molar-refractivity contribution is 5.68. The predicted molar refractivity (Wildman–Crippen MR) is 82.4 cm³/mol. The zero-order chi connectivity index (χ0) is 15.3.